The van der Waals surface area contributed by atoms with Crippen molar-refractivity contribution in [3.05, 3.63) is 22.0 Å². The van der Waals surface area contributed by atoms with Crippen LogP contribution in [0.1, 0.15) is 45.4 Å². The molecule has 2 unspecified atom stereocenters. The second-order valence-electron chi connectivity index (χ2n) is 6.96. The molecular formula is C15H23FN4O5. The molecule has 1 fully saturated rings. The number of rotatable bonds is 3. The summed E-state index contributed by atoms with van der Waals surface area (Å²) in [6, 6.07) is -0.785. The molecule has 0 saturated carbocycles. The van der Waals surface area contributed by atoms with Gasteiger partial charge in [0.25, 0.3) is 0 Å². The van der Waals surface area contributed by atoms with E-state index >= 15 is 0 Å². The highest BCUT2D eigenvalue weighted by atomic mass is 19.1. The third kappa shape index (κ3) is 4.88. The lowest BCUT2D eigenvalue weighted by Crippen LogP contribution is -2.44. The van der Waals surface area contributed by atoms with E-state index in [-0.39, 0.29) is 24.4 Å². The van der Waals surface area contributed by atoms with Crippen LogP contribution in [0.5, 0.6) is 0 Å². The van der Waals surface area contributed by atoms with Gasteiger partial charge >= 0.3 is 11.8 Å². The summed E-state index contributed by atoms with van der Waals surface area (Å²) in [5.41, 5.74) is -0.564. The molecule has 140 valence electrons. The van der Waals surface area contributed by atoms with Gasteiger partial charge in [0.15, 0.2) is 0 Å². The molecule has 1 aliphatic rings. The smallest absolute Gasteiger partial charge is 0.407 e. The Kier molecular flexibility index (Phi) is 5.61. The Morgan fingerprint density at radius 2 is 2.20 bits per heavy atom. The quantitative estimate of drug-likeness (QED) is 0.656. The van der Waals surface area contributed by atoms with Crippen molar-refractivity contribution >= 4 is 11.8 Å². The third-order valence-electron chi connectivity index (χ3n) is 3.80. The fraction of sp³-hybridized carbons (Fsp3) is 0.733. The lowest BCUT2D eigenvalue weighted by Gasteiger charge is -2.24. The maximum atomic E-state index is 14.3. The van der Waals surface area contributed by atoms with E-state index in [2.05, 4.69) is 10.4 Å². The molecule has 1 amide bonds. The number of halogens is 1. The van der Waals surface area contributed by atoms with E-state index in [1.165, 1.54) is 4.68 Å². The van der Waals surface area contributed by atoms with E-state index in [0.29, 0.717) is 6.42 Å². The minimum absolute atomic E-state index is 0.165. The van der Waals surface area contributed by atoms with Crippen LogP contribution < -0.4 is 5.32 Å². The van der Waals surface area contributed by atoms with Gasteiger partial charge < -0.3 is 14.8 Å². The van der Waals surface area contributed by atoms with Crippen molar-refractivity contribution in [1.82, 2.24) is 15.1 Å². The summed E-state index contributed by atoms with van der Waals surface area (Å²) >= 11 is 0. The topological polar surface area (TPSA) is 109 Å². The molecule has 2 rings (SSSR count). The third-order valence-corrected chi connectivity index (χ3v) is 3.80. The van der Waals surface area contributed by atoms with Crippen LogP contribution in [0.3, 0.4) is 0 Å². The van der Waals surface area contributed by atoms with Crippen molar-refractivity contribution in [1.29, 1.82) is 0 Å². The molecule has 1 aliphatic heterocycles. The lowest BCUT2D eigenvalue weighted by atomic mass is 10.0. The Balaban J connectivity index is 2.07. The molecule has 0 spiro atoms. The number of aromatic nitrogens is 2. The standard InChI is InChI=1S/C15H23FN4O5/c1-15(2,3)25-14(21)18-10-5-6-12(24-8-9(10)16)13-11(20(22)23)7-17-19(13)4/h7,9-10,12H,5-6,8H2,1-4H3,(H,18,21)/t9-,10?,12?/m1/s1. The number of ether oxygens (including phenoxy) is 2. The molecule has 25 heavy (non-hydrogen) atoms. The van der Waals surface area contributed by atoms with Crippen LogP contribution in [0, 0.1) is 10.1 Å². The second-order valence-corrected chi connectivity index (χ2v) is 6.96. The molecule has 2 heterocycles. The van der Waals surface area contributed by atoms with Crippen molar-refractivity contribution in [2.45, 2.75) is 57.5 Å². The molecule has 0 bridgehead atoms. The first kappa shape index (κ1) is 19.1. The van der Waals surface area contributed by atoms with Gasteiger partial charge in [0.1, 0.15) is 29.8 Å². The first-order valence-corrected chi connectivity index (χ1v) is 8.00. The Bertz CT molecular complexity index is 642. The first-order chi connectivity index (χ1) is 11.6. The summed E-state index contributed by atoms with van der Waals surface area (Å²) in [4.78, 5) is 22.4. The maximum Gasteiger partial charge on any atom is 0.407 e. The van der Waals surface area contributed by atoms with Crippen molar-refractivity contribution in [2.75, 3.05) is 6.61 Å². The summed E-state index contributed by atoms with van der Waals surface area (Å²) in [7, 11) is 1.57. The van der Waals surface area contributed by atoms with Crippen LogP contribution in [-0.4, -0.2) is 45.2 Å². The summed E-state index contributed by atoms with van der Waals surface area (Å²) in [6.07, 6.45) is -1.10. The summed E-state index contributed by atoms with van der Waals surface area (Å²) in [5, 5.41) is 17.5. The van der Waals surface area contributed by atoms with Crippen LogP contribution in [0.25, 0.3) is 0 Å². The number of alkyl halides is 1. The van der Waals surface area contributed by atoms with Gasteiger partial charge in [-0.3, -0.25) is 14.8 Å². The SMILES string of the molecule is Cn1ncc([N+](=O)[O-])c1C1CCC(NC(=O)OC(C)(C)C)[C@H](F)CO1. The number of carbonyl (C=O) groups is 1. The van der Waals surface area contributed by atoms with Gasteiger partial charge in [-0.05, 0) is 33.6 Å². The van der Waals surface area contributed by atoms with Gasteiger partial charge in [-0.1, -0.05) is 0 Å². The van der Waals surface area contributed by atoms with Gasteiger partial charge in [-0.25, -0.2) is 9.18 Å². The van der Waals surface area contributed by atoms with Crippen molar-refractivity contribution in [3.8, 4) is 0 Å². The summed E-state index contributed by atoms with van der Waals surface area (Å²) in [5.74, 6) is 0. The summed E-state index contributed by atoms with van der Waals surface area (Å²) in [6.45, 7) is 4.86. The molecule has 10 heteroatoms. The van der Waals surface area contributed by atoms with Crippen LogP contribution in [0.4, 0.5) is 14.9 Å². The average Bonchev–Trinajstić information content (AvgIpc) is 2.77. The number of carbonyl (C=O) groups excluding carboxylic acids is 1. The normalized spacial score (nSPS) is 24.4. The van der Waals surface area contributed by atoms with E-state index in [1.54, 1.807) is 27.8 Å². The zero-order valence-corrected chi connectivity index (χ0v) is 14.7. The molecule has 3 atom stereocenters. The van der Waals surface area contributed by atoms with Gasteiger partial charge in [0.2, 0.25) is 0 Å². The molecule has 1 aromatic rings. The van der Waals surface area contributed by atoms with Gasteiger partial charge in [0.05, 0.1) is 17.6 Å². The number of hydrogen-bond donors (Lipinski definition) is 1. The van der Waals surface area contributed by atoms with Crippen LogP contribution in [0.15, 0.2) is 6.20 Å². The number of alkyl carbamates (subject to hydrolysis) is 1. The number of nitro groups is 1. The number of aryl methyl sites for hydroxylation is 1. The summed E-state index contributed by atoms with van der Waals surface area (Å²) < 4.78 is 26.3. The second kappa shape index (κ2) is 7.34. The first-order valence-electron chi connectivity index (χ1n) is 8.00. The monoisotopic (exact) mass is 358 g/mol. The van der Waals surface area contributed by atoms with Crippen molar-refractivity contribution in [3.63, 3.8) is 0 Å². The highest BCUT2D eigenvalue weighted by molar-refractivity contribution is 5.68. The number of amides is 1. The zero-order chi connectivity index (χ0) is 18.8. The number of nitrogens with one attached hydrogen (secondary N) is 1. The number of hydrogen-bond acceptors (Lipinski definition) is 6. The number of nitrogens with zero attached hydrogens (tertiary/aromatic N) is 3. The van der Waals surface area contributed by atoms with Gasteiger partial charge in [0, 0.05) is 7.05 Å². The lowest BCUT2D eigenvalue weighted by molar-refractivity contribution is -0.386. The highest BCUT2D eigenvalue weighted by Crippen LogP contribution is 2.33. The minimum atomic E-state index is -1.44. The molecular weight excluding hydrogens is 335 g/mol. The molecule has 0 radical (unpaired) electrons. The van der Waals surface area contributed by atoms with E-state index in [9.17, 15) is 19.3 Å². The van der Waals surface area contributed by atoms with Gasteiger partial charge in [-0.2, -0.15) is 5.10 Å². The molecule has 0 aliphatic carbocycles. The Hall–Kier alpha value is -2.23. The maximum absolute atomic E-state index is 14.3. The predicted octanol–water partition coefficient (Wildman–Crippen LogP) is 2.41. The molecule has 1 aromatic heterocycles. The fourth-order valence-corrected chi connectivity index (χ4v) is 2.71. The molecule has 9 nitrogen and oxygen atoms in total. The minimum Gasteiger partial charge on any atom is -0.444 e. The average molecular weight is 358 g/mol. The molecule has 1 saturated heterocycles. The van der Waals surface area contributed by atoms with Crippen LogP contribution in [-0.2, 0) is 16.5 Å². The Morgan fingerprint density at radius 1 is 1.52 bits per heavy atom. The van der Waals surface area contributed by atoms with E-state index in [1.807, 2.05) is 0 Å². The molecule has 0 aromatic carbocycles. The zero-order valence-electron chi connectivity index (χ0n) is 14.7. The fourth-order valence-electron chi connectivity index (χ4n) is 2.71. The Labute approximate surface area is 144 Å². The van der Waals surface area contributed by atoms with Crippen LogP contribution >= 0.6 is 0 Å². The highest BCUT2D eigenvalue weighted by Gasteiger charge is 2.35. The van der Waals surface area contributed by atoms with E-state index in [0.717, 1.165) is 6.20 Å². The Morgan fingerprint density at radius 3 is 2.80 bits per heavy atom. The molecule has 1 N–H and O–H groups in total. The largest absolute Gasteiger partial charge is 0.444 e. The van der Waals surface area contributed by atoms with E-state index in [4.69, 9.17) is 9.47 Å². The van der Waals surface area contributed by atoms with Crippen LogP contribution in [0.2, 0.25) is 0 Å². The predicted molar refractivity (Wildman–Crippen MR) is 85.8 cm³/mol. The van der Waals surface area contributed by atoms with E-state index < -0.39 is 34.9 Å². The van der Waals surface area contributed by atoms with Crippen molar-refractivity contribution in [2.24, 2.45) is 7.05 Å². The van der Waals surface area contributed by atoms with Gasteiger partial charge in [-0.15, -0.1) is 0 Å². The van der Waals surface area contributed by atoms with Crippen molar-refractivity contribution < 1.29 is 23.6 Å².